The molecule has 0 saturated heterocycles. The molecule has 2 N–H and O–H groups in total. The largest absolute Gasteiger partial charge is 0.871 e. The van der Waals surface area contributed by atoms with Crippen molar-refractivity contribution < 1.29 is 15.0 Å². The summed E-state index contributed by atoms with van der Waals surface area (Å²) in [6.07, 6.45) is 0. The summed E-state index contributed by atoms with van der Waals surface area (Å²) >= 11 is 0. The van der Waals surface area contributed by atoms with Gasteiger partial charge in [-0.1, -0.05) is 54.3 Å². The third-order valence-electron chi connectivity index (χ3n) is 2.43. The molecule has 2 aromatic carbocycles. The number of carbonyl (C=O) groups is 1. The lowest BCUT2D eigenvalue weighted by Crippen LogP contribution is -2.16. The molecule has 0 saturated carbocycles. The van der Waals surface area contributed by atoms with E-state index in [9.17, 15) is 9.90 Å². The molecule has 5 heteroatoms. The van der Waals surface area contributed by atoms with Gasteiger partial charge in [0, 0.05) is 11.3 Å². The fourth-order valence-electron chi connectivity index (χ4n) is 1.51. The lowest BCUT2D eigenvalue weighted by Gasteiger charge is -2.12. The molecule has 0 radical (unpaired) electrons. The van der Waals surface area contributed by atoms with Gasteiger partial charge in [-0.2, -0.15) is 5.10 Å². The monoisotopic (exact) mass is 255 g/mol. The van der Waals surface area contributed by atoms with Gasteiger partial charge in [-0.3, -0.25) is 5.43 Å². The van der Waals surface area contributed by atoms with Crippen LogP contribution < -0.4 is 10.5 Å². The number of para-hydroxylation sites is 2. The Balaban J connectivity index is 2.29. The first-order valence-electron chi connectivity index (χ1n) is 5.57. The molecule has 0 spiro atoms. The van der Waals surface area contributed by atoms with E-state index in [2.05, 4.69) is 10.5 Å². The SMILES string of the molecule is O=C(O)/C(=N/Nc1ccccc1[O-])c1ccccc1. The van der Waals surface area contributed by atoms with E-state index in [1.165, 1.54) is 12.1 Å². The Morgan fingerprint density at radius 3 is 2.32 bits per heavy atom. The molecule has 0 atom stereocenters. The zero-order valence-corrected chi connectivity index (χ0v) is 9.91. The Hall–Kier alpha value is -2.82. The smallest absolute Gasteiger partial charge is 0.356 e. The van der Waals surface area contributed by atoms with Gasteiger partial charge in [0.15, 0.2) is 5.71 Å². The molecule has 5 nitrogen and oxygen atoms in total. The van der Waals surface area contributed by atoms with Gasteiger partial charge in [0.25, 0.3) is 0 Å². The first kappa shape index (κ1) is 12.6. The van der Waals surface area contributed by atoms with Gasteiger partial charge < -0.3 is 10.2 Å². The molecule has 0 aliphatic heterocycles. The summed E-state index contributed by atoms with van der Waals surface area (Å²) in [5.41, 5.74) is 3.04. The summed E-state index contributed by atoms with van der Waals surface area (Å²) in [5, 5.41) is 24.4. The molecular weight excluding hydrogens is 244 g/mol. The van der Waals surface area contributed by atoms with Gasteiger partial charge in [0.2, 0.25) is 0 Å². The van der Waals surface area contributed by atoms with Gasteiger partial charge in [0.1, 0.15) is 0 Å². The van der Waals surface area contributed by atoms with Crippen molar-refractivity contribution in [1.82, 2.24) is 0 Å². The van der Waals surface area contributed by atoms with Crippen LogP contribution in [0.4, 0.5) is 5.69 Å². The van der Waals surface area contributed by atoms with Crippen molar-refractivity contribution in [3.8, 4) is 5.75 Å². The van der Waals surface area contributed by atoms with E-state index in [1.807, 2.05) is 0 Å². The molecule has 0 fully saturated rings. The molecule has 0 aliphatic carbocycles. The lowest BCUT2D eigenvalue weighted by atomic mass is 10.1. The predicted octanol–water partition coefficient (Wildman–Crippen LogP) is 1.66. The summed E-state index contributed by atoms with van der Waals surface area (Å²) in [4.78, 5) is 11.2. The predicted molar refractivity (Wildman–Crippen MR) is 70.1 cm³/mol. The molecule has 0 aliphatic rings. The number of hydrazone groups is 1. The summed E-state index contributed by atoms with van der Waals surface area (Å²) in [6.45, 7) is 0. The van der Waals surface area contributed by atoms with E-state index in [1.54, 1.807) is 42.5 Å². The number of rotatable bonds is 4. The maximum Gasteiger partial charge on any atom is 0.356 e. The molecule has 96 valence electrons. The van der Waals surface area contributed by atoms with Crippen molar-refractivity contribution >= 4 is 17.4 Å². The van der Waals surface area contributed by atoms with Crippen molar-refractivity contribution in [3.63, 3.8) is 0 Å². The molecule has 0 heterocycles. The van der Waals surface area contributed by atoms with E-state index in [-0.39, 0.29) is 17.1 Å². The van der Waals surface area contributed by atoms with Crippen LogP contribution in [0.3, 0.4) is 0 Å². The molecule has 0 bridgehead atoms. The second kappa shape index (κ2) is 5.68. The second-order valence-corrected chi connectivity index (χ2v) is 3.74. The van der Waals surface area contributed by atoms with Crippen LogP contribution in [0.2, 0.25) is 0 Å². The van der Waals surface area contributed by atoms with Crippen molar-refractivity contribution in [2.75, 3.05) is 5.43 Å². The van der Waals surface area contributed by atoms with Crippen LogP contribution in [-0.4, -0.2) is 16.8 Å². The van der Waals surface area contributed by atoms with E-state index in [4.69, 9.17) is 5.11 Å². The fourth-order valence-corrected chi connectivity index (χ4v) is 1.51. The highest BCUT2D eigenvalue weighted by Crippen LogP contribution is 2.18. The Labute approximate surface area is 109 Å². The molecule has 0 amide bonds. The fraction of sp³-hybridized carbons (Fsp3) is 0. The summed E-state index contributed by atoms with van der Waals surface area (Å²) in [5.74, 6) is -1.41. The van der Waals surface area contributed by atoms with E-state index in [0.717, 1.165) is 0 Å². The third kappa shape index (κ3) is 3.10. The number of carboxylic acids is 1. The van der Waals surface area contributed by atoms with Crippen molar-refractivity contribution in [2.24, 2.45) is 5.10 Å². The van der Waals surface area contributed by atoms with Gasteiger partial charge >= 0.3 is 5.97 Å². The minimum absolute atomic E-state index is 0.149. The highest BCUT2D eigenvalue weighted by atomic mass is 16.4. The molecule has 0 aromatic heterocycles. The zero-order chi connectivity index (χ0) is 13.7. The molecule has 0 unspecified atom stereocenters. The lowest BCUT2D eigenvalue weighted by molar-refractivity contribution is -0.267. The first-order valence-corrected chi connectivity index (χ1v) is 5.57. The van der Waals surface area contributed by atoms with Crippen LogP contribution in [0.1, 0.15) is 5.56 Å². The maximum atomic E-state index is 11.5. The Morgan fingerprint density at radius 1 is 1.05 bits per heavy atom. The Kier molecular flexibility index (Phi) is 3.78. The van der Waals surface area contributed by atoms with Gasteiger partial charge in [-0.05, 0) is 6.07 Å². The number of nitrogens with one attached hydrogen (secondary N) is 1. The van der Waals surface area contributed by atoms with Crippen molar-refractivity contribution in [1.29, 1.82) is 0 Å². The van der Waals surface area contributed by atoms with Crippen LogP contribution in [0.25, 0.3) is 0 Å². The quantitative estimate of drug-likeness (QED) is 0.642. The number of benzene rings is 2. The van der Waals surface area contributed by atoms with Crippen molar-refractivity contribution in [3.05, 3.63) is 60.2 Å². The number of nitrogens with zero attached hydrogens (tertiary/aromatic N) is 1. The average Bonchev–Trinajstić information content (AvgIpc) is 2.42. The summed E-state index contributed by atoms with van der Waals surface area (Å²) in [7, 11) is 0. The number of carboxylic acid groups (broad SMARTS) is 1. The standard InChI is InChI=1S/C14H12N2O3/c17-12-9-5-4-8-11(12)15-16-13(14(18)19)10-6-2-1-3-7-10/h1-9,15,17H,(H,18,19)/p-1/b16-13+. The van der Waals surface area contributed by atoms with E-state index < -0.39 is 5.97 Å². The summed E-state index contributed by atoms with van der Waals surface area (Å²) < 4.78 is 0. The Bertz CT molecular complexity index is 609. The van der Waals surface area contributed by atoms with Gasteiger partial charge in [-0.15, -0.1) is 0 Å². The van der Waals surface area contributed by atoms with Gasteiger partial charge in [-0.25, -0.2) is 4.79 Å². The highest BCUT2D eigenvalue weighted by molar-refractivity contribution is 6.42. The topological polar surface area (TPSA) is 84.8 Å². The van der Waals surface area contributed by atoms with Gasteiger partial charge in [0.05, 0.1) is 0 Å². The Morgan fingerprint density at radius 2 is 1.68 bits per heavy atom. The zero-order valence-electron chi connectivity index (χ0n) is 9.91. The van der Waals surface area contributed by atoms with Crippen LogP contribution in [-0.2, 0) is 4.79 Å². The normalized spacial score (nSPS) is 11.1. The highest BCUT2D eigenvalue weighted by Gasteiger charge is 2.11. The molecular formula is C14H11N2O3-. The van der Waals surface area contributed by atoms with Crippen LogP contribution >= 0.6 is 0 Å². The minimum atomic E-state index is -1.16. The molecule has 2 rings (SSSR count). The number of anilines is 1. The molecule has 2 aromatic rings. The second-order valence-electron chi connectivity index (χ2n) is 3.74. The van der Waals surface area contributed by atoms with Crippen LogP contribution in [0.5, 0.6) is 5.75 Å². The summed E-state index contributed by atoms with van der Waals surface area (Å²) in [6, 6.07) is 14.7. The minimum Gasteiger partial charge on any atom is -0.871 e. The van der Waals surface area contributed by atoms with Crippen LogP contribution in [0.15, 0.2) is 59.7 Å². The average molecular weight is 255 g/mol. The van der Waals surface area contributed by atoms with E-state index >= 15 is 0 Å². The van der Waals surface area contributed by atoms with E-state index in [0.29, 0.717) is 5.56 Å². The maximum absolute atomic E-state index is 11.5. The third-order valence-corrected chi connectivity index (χ3v) is 2.43. The van der Waals surface area contributed by atoms with Crippen molar-refractivity contribution in [2.45, 2.75) is 0 Å². The van der Waals surface area contributed by atoms with Crippen LogP contribution in [0, 0.1) is 0 Å². The number of hydrogen-bond donors (Lipinski definition) is 2. The first-order chi connectivity index (χ1) is 9.18. The molecule has 19 heavy (non-hydrogen) atoms. The number of hydrogen-bond acceptors (Lipinski definition) is 4. The number of aliphatic carboxylic acids is 1.